The summed E-state index contributed by atoms with van der Waals surface area (Å²) in [6.45, 7) is 0.877. The number of phenolic OH excluding ortho intramolecular Hbond substituents is 1. The van der Waals surface area contributed by atoms with Gasteiger partial charge in [0.25, 0.3) is 12.4 Å². The zero-order valence-electron chi connectivity index (χ0n) is 15.7. The van der Waals surface area contributed by atoms with E-state index in [4.69, 9.17) is 14.9 Å². The lowest BCUT2D eigenvalue weighted by Crippen LogP contribution is -2.35. The molecule has 1 aliphatic heterocycles. The molecule has 3 aromatic rings. The van der Waals surface area contributed by atoms with E-state index >= 15 is 0 Å². The molecule has 0 bridgehead atoms. The maximum atomic E-state index is 12.8. The number of nitrogens with zero attached hydrogens (tertiary/aromatic N) is 4. The van der Waals surface area contributed by atoms with Gasteiger partial charge in [-0.05, 0) is 43.2 Å². The molecule has 3 N–H and O–H groups in total. The largest absolute Gasteiger partial charge is 0.508 e. The van der Waals surface area contributed by atoms with Gasteiger partial charge >= 0.3 is 0 Å². The Bertz CT molecular complexity index is 1040. The first-order valence-electron chi connectivity index (χ1n) is 9.39. The lowest BCUT2D eigenvalue weighted by Gasteiger charge is -2.26. The van der Waals surface area contributed by atoms with Crippen LogP contribution in [-0.4, -0.2) is 54.7 Å². The first kappa shape index (κ1) is 18.7. The summed E-state index contributed by atoms with van der Waals surface area (Å²) in [6, 6.07) is 8.86. The Morgan fingerprint density at radius 3 is 2.62 bits per heavy atom. The van der Waals surface area contributed by atoms with Crippen LogP contribution in [0.15, 0.2) is 36.5 Å². The summed E-state index contributed by atoms with van der Waals surface area (Å²) >= 11 is 0. The Morgan fingerprint density at radius 1 is 1.21 bits per heavy atom. The van der Waals surface area contributed by atoms with E-state index in [1.807, 2.05) is 17.2 Å². The van der Waals surface area contributed by atoms with Gasteiger partial charge in [-0.1, -0.05) is 0 Å². The number of hydrogen-bond donors (Lipinski definition) is 3. The average Bonchev–Trinajstić information content (AvgIpc) is 3.47. The SMILES string of the molecule is O=C(c1ccc(O)cc1)N1CCc2nn3ccc(NC4CC4)nc3c2C1.O=CO. The second-order valence-corrected chi connectivity index (χ2v) is 7.05. The molecule has 9 heteroatoms. The van der Waals surface area contributed by atoms with E-state index in [9.17, 15) is 9.90 Å². The molecule has 9 nitrogen and oxygen atoms in total. The molecule has 5 rings (SSSR count). The van der Waals surface area contributed by atoms with E-state index in [0.29, 0.717) is 31.1 Å². The molecule has 29 heavy (non-hydrogen) atoms. The van der Waals surface area contributed by atoms with Gasteiger partial charge in [-0.3, -0.25) is 9.59 Å². The van der Waals surface area contributed by atoms with Gasteiger partial charge in [-0.15, -0.1) is 0 Å². The van der Waals surface area contributed by atoms with Crippen molar-refractivity contribution in [1.29, 1.82) is 0 Å². The molecule has 3 heterocycles. The number of aromatic hydroxyl groups is 1. The van der Waals surface area contributed by atoms with Crippen LogP contribution in [0.5, 0.6) is 5.75 Å². The molecule has 0 saturated heterocycles. The van der Waals surface area contributed by atoms with Crippen LogP contribution < -0.4 is 5.32 Å². The average molecular weight is 395 g/mol. The molecule has 1 amide bonds. The van der Waals surface area contributed by atoms with Crippen molar-refractivity contribution in [3.05, 3.63) is 53.3 Å². The van der Waals surface area contributed by atoms with Gasteiger partial charge in [0, 0.05) is 36.3 Å². The number of carbonyl (C=O) groups excluding carboxylic acids is 1. The summed E-state index contributed by atoms with van der Waals surface area (Å²) in [4.78, 5) is 27.7. The molecule has 0 radical (unpaired) electrons. The van der Waals surface area contributed by atoms with Gasteiger partial charge in [0.1, 0.15) is 11.6 Å². The highest BCUT2D eigenvalue weighted by Gasteiger charge is 2.27. The van der Waals surface area contributed by atoms with Crippen LogP contribution in [0.2, 0.25) is 0 Å². The predicted octanol–water partition coefficient (Wildman–Crippen LogP) is 1.91. The summed E-state index contributed by atoms with van der Waals surface area (Å²) < 4.78 is 1.80. The Hall–Kier alpha value is -3.62. The monoisotopic (exact) mass is 395 g/mol. The van der Waals surface area contributed by atoms with Crippen LogP contribution >= 0.6 is 0 Å². The summed E-state index contributed by atoms with van der Waals surface area (Å²) in [5.41, 5.74) is 3.42. The summed E-state index contributed by atoms with van der Waals surface area (Å²) in [5, 5.41) is 24.3. The number of rotatable bonds is 3. The number of phenols is 1. The fourth-order valence-electron chi connectivity index (χ4n) is 3.37. The van der Waals surface area contributed by atoms with Gasteiger partial charge in [-0.25, -0.2) is 9.50 Å². The predicted molar refractivity (Wildman–Crippen MR) is 105 cm³/mol. The smallest absolute Gasteiger partial charge is 0.290 e. The number of aromatic nitrogens is 3. The number of benzene rings is 1. The topological polar surface area (TPSA) is 120 Å². The third kappa shape index (κ3) is 3.98. The van der Waals surface area contributed by atoms with Crippen LogP contribution in [-0.2, 0) is 17.8 Å². The molecule has 0 spiro atoms. The van der Waals surface area contributed by atoms with Gasteiger partial charge in [0.2, 0.25) is 0 Å². The summed E-state index contributed by atoms with van der Waals surface area (Å²) in [5.74, 6) is 0.983. The molecule has 1 saturated carbocycles. The normalized spacial score (nSPS) is 15.2. The van der Waals surface area contributed by atoms with Gasteiger partial charge in [0.15, 0.2) is 5.65 Å². The number of carbonyl (C=O) groups is 2. The van der Waals surface area contributed by atoms with Crippen LogP contribution in [0.4, 0.5) is 5.82 Å². The maximum Gasteiger partial charge on any atom is 0.290 e. The minimum absolute atomic E-state index is 0.0396. The summed E-state index contributed by atoms with van der Waals surface area (Å²) in [6.07, 6.45) is 5.03. The Kier molecular flexibility index (Phi) is 5.03. The van der Waals surface area contributed by atoms with Crippen molar-refractivity contribution in [3.8, 4) is 5.75 Å². The molecule has 0 unspecified atom stereocenters. The van der Waals surface area contributed by atoms with E-state index in [2.05, 4.69) is 10.4 Å². The van der Waals surface area contributed by atoms with Gasteiger partial charge in [-0.2, -0.15) is 5.10 Å². The molecule has 150 valence electrons. The van der Waals surface area contributed by atoms with Crippen LogP contribution in [0.1, 0.15) is 34.5 Å². The second-order valence-electron chi connectivity index (χ2n) is 7.05. The van der Waals surface area contributed by atoms with Crippen LogP contribution in [0.3, 0.4) is 0 Å². The van der Waals surface area contributed by atoms with Crippen molar-refractivity contribution < 1.29 is 19.8 Å². The lowest BCUT2D eigenvalue weighted by atomic mass is 10.1. The number of amides is 1. The molecule has 0 atom stereocenters. The molecule has 1 aliphatic carbocycles. The highest BCUT2D eigenvalue weighted by molar-refractivity contribution is 5.94. The number of anilines is 1. The fraction of sp³-hybridized carbons (Fsp3) is 0.300. The van der Waals surface area contributed by atoms with E-state index in [0.717, 1.165) is 22.7 Å². The van der Waals surface area contributed by atoms with Crippen molar-refractivity contribution in [2.75, 3.05) is 11.9 Å². The highest BCUT2D eigenvalue weighted by Crippen LogP contribution is 2.27. The lowest BCUT2D eigenvalue weighted by molar-refractivity contribution is -0.122. The molecular formula is C20H21N5O4. The Labute approximate surface area is 166 Å². The zero-order chi connectivity index (χ0) is 20.4. The fourth-order valence-corrected chi connectivity index (χ4v) is 3.37. The van der Waals surface area contributed by atoms with Crippen molar-refractivity contribution in [1.82, 2.24) is 19.5 Å². The number of carboxylic acid groups (broad SMARTS) is 1. The summed E-state index contributed by atoms with van der Waals surface area (Å²) in [7, 11) is 0. The van der Waals surface area contributed by atoms with Crippen molar-refractivity contribution in [3.63, 3.8) is 0 Å². The quantitative estimate of drug-likeness (QED) is 0.579. The zero-order valence-corrected chi connectivity index (χ0v) is 15.7. The van der Waals surface area contributed by atoms with E-state index in [-0.39, 0.29) is 18.1 Å². The molecule has 2 aliphatic rings. The number of fused-ring (bicyclic) bond motifs is 3. The van der Waals surface area contributed by atoms with Crippen LogP contribution in [0, 0.1) is 0 Å². The first-order chi connectivity index (χ1) is 14.1. The van der Waals surface area contributed by atoms with E-state index in [1.165, 1.54) is 25.0 Å². The standard InChI is InChI=1S/C19H19N5O2.CH2O2/c25-14-5-1-12(2-6-14)19(26)23-9-7-16-15(11-23)18-21-17(20-13-3-4-13)8-10-24(18)22-16;2-1-3/h1-2,5-6,8,10,13,25H,3-4,7,9,11H2,(H,20,21);1H,(H,2,3). The van der Waals surface area contributed by atoms with E-state index < -0.39 is 0 Å². The Morgan fingerprint density at radius 2 is 1.93 bits per heavy atom. The van der Waals surface area contributed by atoms with Crippen molar-refractivity contribution in [2.45, 2.75) is 31.8 Å². The third-order valence-corrected chi connectivity index (χ3v) is 4.96. The number of hydrogen-bond acceptors (Lipinski definition) is 6. The molecule has 1 fully saturated rings. The highest BCUT2D eigenvalue weighted by atomic mass is 16.3. The first-order valence-corrected chi connectivity index (χ1v) is 9.39. The van der Waals surface area contributed by atoms with Crippen LogP contribution in [0.25, 0.3) is 5.65 Å². The van der Waals surface area contributed by atoms with Crippen molar-refractivity contribution in [2.24, 2.45) is 0 Å². The minimum Gasteiger partial charge on any atom is -0.508 e. The Balaban J connectivity index is 0.000000645. The third-order valence-electron chi connectivity index (χ3n) is 4.96. The van der Waals surface area contributed by atoms with Gasteiger partial charge in [0.05, 0.1) is 12.2 Å². The molecule has 2 aromatic heterocycles. The minimum atomic E-state index is -0.250. The maximum absolute atomic E-state index is 12.8. The van der Waals surface area contributed by atoms with E-state index in [1.54, 1.807) is 16.6 Å². The van der Waals surface area contributed by atoms with Gasteiger partial charge < -0.3 is 20.4 Å². The van der Waals surface area contributed by atoms with Crippen molar-refractivity contribution >= 4 is 23.8 Å². The molecule has 1 aromatic carbocycles. The second kappa shape index (κ2) is 7.78. The molecular weight excluding hydrogens is 374 g/mol. The number of nitrogens with one attached hydrogen (secondary N) is 1.